The monoisotopic (exact) mass is 546 g/mol. The molecule has 220 valence electrons. The number of rotatable bonds is 8. The Morgan fingerprint density at radius 1 is 1.03 bits per heavy atom. The molecule has 0 amide bonds. The van der Waals surface area contributed by atoms with Gasteiger partial charge in [-0.1, -0.05) is 53.9 Å². The Labute approximate surface area is 234 Å². The van der Waals surface area contributed by atoms with Gasteiger partial charge in [-0.15, -0.1) is 0 Å². The minimum absolute atomic E-state index is 0.213. The van der Waals surface area contributed by atoms with Gasteiger partial charge in [0.05, 0.1) is 5.10 Å². The fourth-order valence-corrected chi connectivity index (χ4v) is 10.0. The summed E-state index contributed by atoms with van der Waals surface area (Å²) in [6.07, 6.45) is 9.91. The van der Waals surface area contributed by atoms with Crippen LogP contribution in [0.2, 0.25) is 0 Å². The molecule has 4 saturated carbocycles. The highest BCUT2D eigenvalue weighted by Crippen LogP contribution is 2.69. The van der Waals surface area contributed by atoms with E-state index in [2.05, 4.69) is 39.7 Å². The molecule has 0 aromatic rings. The summed E-state index contributed by atoms with van der Waals surface area (Å²) in [4.78, 5) is 36.3. The van der Waals surface area contributed by atoms with E-state index in [0.717, 1.165) is 25.2 Å². The van der Waals surface area contributed by atoms with Crippen LogP contribution in [0, 0.1) is 56.5 Å². The molecule has 0 aromatic heterocycles. The largest absolute Gasteiger partial charge is 0.462 e. The first-order valence-corrected chi connectivity index (χ1v) is 15.3. The highest BCUT2D eigenvalue weighted by Gasteiger charge is 2.70. The van der Waals surface area contributed by atoms with Crippen molar-refractivity contribution < 1.29 is 24.1 Å². The van der Waals surface area contributed by atoms with Crippen molar-refractivity contribution in [3.05, 3.63) is 10.1 Å². The lowest BCUT2D eigenvalue weighted by molar-refractivity contribution is -0.486. The zero-order chi connectivity index (χ0) is 28.8. The lowest BCUT2D eigenvalue weighted by Crippen LogP contribution is -2.69. The lowest BCUT2D eigenvalue weighted by Gasteiger charge is -2.64. The van der Waals surface area contributed by atoms with Crippen LogP contribution in [0.4, 0.5) is 0 Å². The number of carbonyl (C=O) groups excluding carboxylic acids is 2. The highest BCUT2D eigenvalue weighted by atomic mass is 16.7. The van der Waals surface area contributed by atoms with E-state index in [0.29, 0.717) is 42.7 Å². The number of hydrogen-bond acceptors (Lipinski definition) is 6. The summed E-state index contributed by atoms with van der Waals surface area (Å²) in [7, 11) is 0. The molecule has 4 rings (SSSR count). The molecule has 0 radical (unpaired) electrons. The molecule has 0 bridgehead atoms. The highest BCUT2D eigenvalue weighted by molar-refractivity contribution is 5.96. The molecule has 0 aliphatic heterocycles. The van der Waals surface area contributed by atoms with Gasteiger partial charge in [0.2, 0.25) is 0 Å². The van der Waals surface area contributed by atoms with Gasteiger partial charge in [0.25, 0.3) is 0 Å². The predicted octanol–water partition coefficient (Wildman–Crippen LogP) is 6.97. The van der Waals surface area contributed by atoms with Gasteiger partial charge in [0, 0.05) is 25.7 Å². The van der Waals surface area contributed by atoms with Crippen molar-refractivity contribution in [2.75, 3.05) is 0 Å². The number of hydrogen-bond donors (Lipinski definition) is 0. The fourth-order valence-electron chi connectivity index (χ4n) is 10.0. The third kappa shape index (κ3) is 5.38. The van der Waals surface area contributed by atoms with Crippen LogP contribution in [-0.2, 0) is 19.1 Å². The third-order valence-corrected chi connectivity index (χ3v) is 11.6. The molecule has 9 atom stereocenters. The summed E-state index contributed by atoms with van der Waals surface area (Å²) < 4.78 is 11.8. The minimum atomic E-state index is -1.23. The maximum absolute atomic E-state index is 12.5. The van der Waals surface area contributed by atoms with Gasteiger partial charge in [0.15, 0.2) is 10.6 Å². The zero-order valence-corrected chi connectivity index (χ0v) is 25.2. The van der Waals surface area contributed by atoms with Gasteiger partial charge in [0.1, 0.15) is 11.8 Å². The van der Waals surface area contributed by atoms with E-state index in [9.17, 15) is 19.7 Å². The van der Waals surface area contributed by atoms with Crippen LogP contribution < -0.4 is 0 Å². The van der Waals surface area contributed by atoms with Gasteiger partial charge in [-0.05, 0) is 85.9 Å². The standard InChI is InChI=1S/C31H50N2O6/c1-19(2)9-8-10-20(3)25-11-12-26-24-17-28(32-33(36)37)31(39-22(5)35)18-23(38-21(4)34)13-16-30(31,7)27(24)14-15-29(25,26)6/h19-20,23-27H,8-18H2,1-7H3/b32-28-/t20-,23+,24+,25-,26+,27+,29-,30-,31+/m1/s1. The van der Waals surface area contributed by atoms with Crippen LogP contribution in [0.1, 0.15) is 119 Å². The molecule has 4 fully saturated rings. The van der Waals surface area contributed by atoms with E-state index < -0.39 is 34.1 Å². The molecule has 39 heavy (non-hydrogen) atoms. The van der Waals surface area contributed by atoms with Gasteiger partial charge < -0.3 is 9.47 Å². The second-order valence-electron chi connectivity index (χ2n) is 14.2. The Balaban J connectivity index is 1.69. The Morgan fingerprint density at radius 3 is 2.36 bits per heavy atom. The molecule has 0 saturated heterocycles. The van der Waals surface area contributed by atoms with Crippen molar-refractivity contribution >= 4 is 17.7 Å². The number of nitro groups is 1. The topological polar surface area (TPSA) is 108 Å². The average molecular weight is 547 g/mol. The molecule has 8 heteroatoms. The van der Waals surface area contributed by atoms with Crippen molar-refractivity contribution in [3.63, 3.8) is 0 Å². The first-order chi connectivity index (χ1) is 18.2. The normalized spacial score (nSPS) is 41.3. The van der Waals surface area contributed by atoms with Crippen molar-refractivity contribution in [1.29, 1.82) is 0 Å². The summed E-state index contributed by atoms with van der Waals surface area (Å²) >= 11 is 0. The van der Waals surface area contributed by atoms with Gasteiger partial charge in [-0.2, -0.15) is 0 Å². The van der Waals surface area contributed by atoms with Gasteiger partial charge >= 0.3 is 11.9 Å². The third-order valence-electron chi connectivity index (χ3n) is 11.6. The average Bonchev–Trinajstić information content (AvgIpc) is 3.16. The molecule has 0 heterocycles. The Hall–Kier alpha value is -1.99. The summed E-state index contributed by atoms with van der Waals surface area (Å²) in [5, 5.41) is 15.2. The second kappa shape index (κ2) is 11.1. The van der Waals surface area contributed by atoms with Crippen LogP contribution in [-0.4, -0.2) is 34.4 Å². The Kier molecular flexibility index (Phi) is 8.55. The summed E-state index contributed by atoms with van der Waals surface area (Å²) in [5.74, 6) is 2.22. The SMILES string of the molecule is CC(=O)O[C@H]1CC[C@]2(C)[C@H]3CC[C@]4(C)[C@@H]([C@H](C)CCCC(C)C)CC[C@H]4[C@@H]3C/C(=N/[N+](=O)[O-])[C@@]2(OC(C)=O)C1. The number of carbonyl (C=O) groups is 2. The summed E-state index contributed by atoms with van der Waals surface area (Å²) in [6, 6.07) is 0. The molecule has 4 aliphatic carbocycles. The molecule has 0 spiro atoms. The van der Waals surface area contributed by atoms with Crippen LogP contribution in [0.5, 0.6) is 0 Å². The lowest BCUT2D eigenvalue weighted by atomic mass is 9.42. The molecular formula is C31H50N2O6. The van der Waals surface area contributed by atoms with Crippen LogP contribution in [0.15, 0.2) is 5.10 Å². The quantitative estimate of drug-likeness (QED) is 0.185. The van der Waals surface area contributed by atoms with E-state index in [1.54, 1.807) is 0 Å². The Morgan fingerprint density at radius 2 is 1.74 bits per heavy atom. The van der Waals surface area contributed by atoms with Crippen LogP contribution in [0.25, 0.3) is 0 Å². The van der Waals surface area contributed by atoms with Crippen molar-refractivity contribution in [1.82, 2.24) is 0 Å². The fraction of sp³-hybridized carbons (Fsp3) is 0.903. The van der Waals surface area contributed by atoms with Crippen molar-refractivity contribution in [2.45, 2.75) is 131 Å². The van der Waals surface area contributed by atoms with Crippen molar-refractivity contribution in [3.8, 4) is 0 Å². The maximum atomic E-state index is 12.5. The molecule has 4 aliphatic rings. The predicted molar refractivity (Wildman–Crippen MR) is 149 cm³/mol. The number of ether oxygens (including phenoxy) is 2. The van der Waals surface area contributed by atoms with Crippen LogP contribution >= 0.6 is 0 Å². The van der Waals surface area contributed by atoms with E-state index in [-0.39, 0.29) is 23.7 Å². The molecule has 0 unspecified atom stereocenters. The van der Waals surface area contributed by atoms with E-state index in [1.807, 2.05) is 0 Å². The Bertz CT molecular complexity index is 996. The van der Waals surface area contributed by atoms with Crippen molar-refractivity contribution in [2.24, 2.45) is 51.4 Å². The summed E-state index contributed by atoms with van der Waals surface area (Å²) in [6.45, 7) is 14.4. The van der Waals surface area contributed by atoms with Gasteiger partial charge in [-0.3, -0.25) is 9.59 Å². The first-order valence-electron chi connectivity index (χ1n) is 15.3. The second-order valence-corrected chi connectivity index (χ2v) is 14.2. The van der Waals surface area contributed by atoms with Crippen LogP contribution in [0.3, 0.4) is 0 Å². The van der Waals surface area contributed by atoms with E-state index >= 15 is 0 Å². The number of nitrogens with zero attached hydrogens (tertiary/aromatic N) is 2. The van der Waals surface area contributed by atoms with E-state index in [4.69, 9.17) is 9.47 Å². The van der Waals surface area contributed by atoms with E-state index in [1.165, 1.54) is 39.5 Å². The molecule has 8 nitrogen and oxygen atoms in total. The number of hydrazone groups is 1. The zero-order valence-electron chi connectivity index (χ0n) is 25.2. The number of fused-ring (bicyclic) bond motifs is 5. The maximum Gasteiger partial charge on any atom is 0.303 e. The molecule has 0 N–H and O–H groups in total. The smallest absolute Gasteiger partial charge is 0.303 e. The summed E-state index contributed by atoms with van der Waals surface area (Å²) in [5.41, 5.74) is -1.16. The molecular weight excluding hydrogens is 496 g/mol. The molecule has 0 aromatic carbocycles. The number of esters is 2. The minimum Gasteiger partial charge on any atom is -0.462 e. The van der Waals surface area contributed by atoms with Gasteiger partial charge in [-0.25, -0.2) is 10.1 Å². The first kappa shape index (κ1) is 30.0.